The van der Waals surface area contributed by atoms with Crippen molar-refractivity contribution in [3.63, 3.8) is 0 Å². The van der Waals surface area contributed by atoms with Gasteiger partial charge in [-0.15, -0.1) is 0 Å². The number of amides is 2. The van der Waals surface area contributed by atoms with Crippen LogP contribution >= 0.6 is 0 Å². The molecule has 1 unspecified atom stereocenters. The molecule has 1 aliphatic carbocycles. The summed E-state index contributed by atoms with van der Waals surface area (Å²) in [6, 6.07) is 7.99. The molecule has 2 amide bonds. The highest BCUT2D eigenvalue weighted by Crippen LogP contribution is 2.47. The van der Waals surface area contributed by atoms with Crippen molar-refractivity contribution in [3.05, 3.63) is 24.3 Å². The average Bonchev–Trinajstić information content (AvgIpc) is 2.99. The largest absolute Gasteiger partial charge is 0.444 e. The predicted octanol–water partition coefficient (Wildman–Crippen LogP) is 1.96. The van der Waals surface area contributed by atoms with Gasteiger partial charge in [0.2, 0.25) is 0 Å². The maximum absolute atomic E-state index is 11.9. The summed E-state index contributed by atoms with van der Waals surface area (Å²) in [5, 5.41) is 12.1. The third-order valence-electron chi connectivity index (χ3n) is 5.48. The van der Waals surface area contributed by atoms with E-state index in [0.29, 0.717) is 18.4 Å². The number of piperidine rings is 1. The highest BCUT2D eigenvalue weighted by molar-refractivity contribution is 5.90. The Bertz CT molecular complexity index is 748. The fourth-order valence-corrected chi connectivity index (χ4v) is 4.07. The summed E-state index contributed by atoms with van der Waals surface area (Å²) in [5.74, 6) is 0.900. The number of benzene rings is 1. The normalized spacial score (nSPS) is 28.8. The number of carbonyl (C=O) groups is 2. The summed E-state index contributed by atoms with van der Waals surface area (Å²) >= 11 is 0. The Morgan fingerprint density at radius 1 is 1.18 bits per heavy atom. The second kappa shape index (κ2) is 6.84. The quantitative estimate of drug-likeness (QED) is 0.818. The minimum absolute atomic E-state index is 0.171. The van der Waals surface area contributed by atoms with E-state index < -0.39 is 17.8 Å². The van der Waals surface area contributed by atoms with E-state index in [1.54, 1.807) is 0 Å². The van der Waals surface area contributed by atoms with Crippen LogP contribution in [-0.4, -0.2) is 61.3 Å². The van der Waals surface area contributed by atoms with Gasteiger partial charge in [0.15, 0.2) is 0 Å². The fraction of sp³-hybridized carbons (Fsp3) is 0.600. The van der Waals surface area contributed by atoms with E-state index in [1.165, 1.54) is 4.90 Å². The lowest BCUT2D eigenvalue weighted by Crippen LogP contribution is -2.38. The monoisotopic (exact) mass is 389 g/mol. The number of fused-ring (bicyclic) bond motifs is 1. The average molecular weight is 389 g/mol. The van der Waals surface area contributed by atoms with Gasteiger partial charge in [0.1, 0.15) is 11.7 Å². The van der Waals surface area contributed by atoms with Crippen molar-refractivity contribution < 1.29 is 24.2 Å². The molecule has 0 bridgehead atoms. The van der Waals surface area contributed by atoms with Crippen LogP contribution in [-0.2, 0) is 9.47 Å². The molecule has 4 atom stereocenters. The number of ether oxygens (including phenoxy) is 2. The Morgan fingerprint density at radius 3 is 2.32 bits per heavy atom. The van der Waals surface area contributed by atoms with Crippen LogP contribution in [0.15, 0.2) is 24.3 Å². The third-order valence-corrected chi connectivity index (χ3v) is 5.48. The molecule has 28 heavy (non-hydrogen) atoms. The van der Waals surface area contributed by atoms with E-state index in [-0.39, 0.29) is 18.7 Å². The first kappa shape index (κ1) is 18.9. The van der Waals surface area contributed by atoms with Gasteiger partial charge in [-0.1, -0.05) is 0 Å². The summed E-state index contributed by atoms with van der Waals surface area (Å²) in [7, 11) is 0. The van der Waals surface area contributed by atoms with E-state index in [9.17, 15) is 9.59 Å². The number of alkyl carbamates (subject to hydrolysis) is 1. The van der Waals surface area contributed by atoms with Crippen molar-refractivity contribution >= 4 is 23.6 Å². The van der Waals surface area contributed by atoms with Crippen molar-refractivity contribution in [1.29, 1.82) is 0 Å². The second-order valence-corrected chi connectivity index (χ2v) is 8.72. The van der Waals surface area contributed by atoms with Crippen LogP contribution in [0.25, 0.3) is 0 Å². The molecule has 2 heterocycles. The summed E-state index contributed by atoms with van der Waals surface area (Å²) in [6.07, 6.45) is -1.24. The highest BCUT2D eigenvalue weighted by atomic mass is 16.6. The zero-order valence-corrected chi connectivity index (χ0v) is 16.4. The van der Waals surface area contributed by atoms with Crippen LogP contribution in [0.1, 0.15) is 20.8 Å². The molecule has 0 radical (unpaired) electrons. The van der Waals surface area contributed by atoms with Gasteiger partial charge < -0.3 is 24.8 Å². The molecule has 8 heteroatoms. The predicted molar refractivity (Wildman–Crippen MR) is 103 cm³/mol. The molecule has 152 valence electrons. The number of aliphatic hydroxyl groups is 1. The third kappa shape index (κ3) is 3.73. The van der Waals surface area contributed by atoms with Crippen LogP contribution in [0, 0.1) is 11.8 Å². The van der Waals surface area contributed by atoms with Gasteiger partial charge in [-0.25, -0.2) is 9.59 Å². The Hall–Kier alpha value is -2.48. The number of carbonyl (C=O) groups excluding carboxylic acids is 2. The number of aliphatic hydroxyl groups excluding tert-OH is 1. The van der Waals surface area contributed by atoms with Crippen LogP contribution in [0.5, 0.6) is 0 Å². The molecule has 0 spiro atoms. The van der Waals surface area contributed by atoms with Crippen LogP contribution in [0.4, 0.5) is 21.0 Å². The Morgan fingerprint density at radius 2 is 1.79 bits per heavy atom. The van der Waals surface area contributed by atoms with Crippen molar-refractivity contribution in [3.8, 4) is 0 Å². The minimum Gasteiger partial charge on any atom is -0.444 e. The Labute approximate surface area is 164 Å². The van der Waals surface area contributed by atoms with Gasteiger partial charge in [0.25, 0.3) is 0 Å². The van der Waals surface area contributed by atoms with Gasteiger partial charge in [0.05, 0.1) is 13.2 Å². The summed E-state index contributed by atoms with van der Waals surface area (Å²) in [6.45, 7) is 7.55. The first-order valence-electron chi connectivity index (χ1n) is 9.69. The molecule has 2 aliphatic heterocycles. The second-order valence-electron chi connectivity index (χ2n) is 8.72. The highest BCUT2D eigenvalue weighted by Gasteiger charge is 2.56. The molecular weight excluding hydrogens is 362 g/mol. The standard InChI is InChI=1S/C20H27N3O5/c1-20(2,3)28-18(25)21-17-15-9-22(10-16(15)17)12-4-6-13(7-5-12)23-8-14(11-24)27-19(23)26/h4-7,14-17,24H,8-11H2,1-3H3,(H,21,25)/t14-,15-,16+,17?/m1/s1. The summed E-state index contributed by atoms with van der Waals surface area (Å²) in [5.41, 5.74) is 1.37. The maximum atomic E-state index is 11.9. The molecule has 3 aliphatic rings. The van der Waals surface area contributed by atoms with Gasteiger partial charge >= 0.3 is 12.2 Å². The molecule has 1 aromatic carbocycles. The molecule has 1 aromatic rings. The van der Waals surface area contributed by atoms with Gasteiger partial charge in [-0.2, -0.15) is 0 Å². The molecule has 1 saturated carbocycles. The van der Waals surface area contributed by atoms with Crippen LogP contribution in [0.3, 0.4) is 0 Å². The number of rotatable bonds is 4. The minimum atomic E-state index is -0.485. The number of anilines is 2. The SMILES string of the molecule is CC(C)(C)OC(=O)NC1[C@H]2CN(c3ccc(N4C[C@H](CO)OC4=O)cc3)C[C@@H]12. The molecule has 8 nitrogen and oxygen atoms in total. The lowest BCUT2D eigenvalue weighted by molar-refractivity contribution is 0.0518. The van der Waals surface area contributed by atoms with E-state index in [2.05, 4.69) is 10.2 Å². The van der Waals surface area contributed by atoms with Crippen molar-refractivity contribution in [2.45, 2.75) is 38.5 Å². The van der Waals surface area contributed by atoms with Crippen LogP contribution < -0.4 is 15.1 Å². The first-order valence-corrected chi connectivity index (χ1v) is 9.69. The zero-order chi connectivity index (χ0) is 20.1. The Kier molecular flexibility index (Phi) is 4.61. The summed E-state index contributed by atoms with van der Waals surface area (Å²) in [4.78, 5) is 27.6. The van der Waals surface area contributed by atoms with Crippen molar-refractivity contribution in [2.24, 2.45) is 11.8 Å². The van der Waals surface area contributed by atoms with Gasteiger partial charge in [-0.3, -0.25) is 4.90 Å². The number of cyclic esters (lactones) is 1. The number of hydrogen-bond acceptors (Lipinski definition) is 6. The first-order chi connectivity index (χ1) is 13.2. The van der Waals surface area contributed by atoms with E-state index in [1.807, 2.05) is 45.0 Å². The Balaban J connectivity index is 1.30. The van der Waals surface area contributed by atoms with E-state index in [0.717, 1.165) is 24.5 Å². The molecule has 2 N–H and O–H groups in total. The topological polar surface area (TPSA) is 91.3 Å². The fourth-order valence-electron chi connectivity index (χ4n) is 4.07. The summed E-state index contributed by atoms with van der Waals surface area (Å²) < 4.78 is 10.4. The van der Waals surface area contributed by atoms with Crippen LogP contribution in [0.2, 0.25) is 0 Å². The van der Waals surface area contributed by atoms with Gasteiger partial charge in [0, 0.05) is 42.3 Å². The number of hydrogen-bond donors (Lipinski definition) is 2. The molecule has 3 fully saturated rings. The number of nitrogens with one attached hydrogen (secondary N) is 1. The lowest BCUT2D eigenvalue weighted by atomic mass is 10.2. The smallest absolute Gasteiger partial charge is 0.414 e. The zero-order valence-electron chi connectivity index (χ0n) is 16.4. The van der Waals surface area contributed by atoms with E-state index >= 15 is 0 Å². The van der Waals surface area contributed by atoms with Gasteiger partial charge in [-0.05, 0) is 45.0 Å². The number of nitrogens with zero attached hydrogens (tertiary/aromatic N) is 2. The molecule has 4 rings (SSSR count). The van der Waals surface area contributed by atoms with Crippen molar-refractivity contribution in [1.82, 2.24) is 5.32 Å². The van der Waals surface area contributed by atoms with Crippen molar-refractivity contribution in [2.75, 3.05) is 36.0 Å². The molecule has 0 aromatic heterocycles. The molecule has 2 saturated heterocycles. The maximum Gasteiger partial charge on any atom is 0.414 e. The van der Waals surface area contributed by atoms with E-state index in [4.69, 9.17) is 14.6 Å². The molecular formula is C20H27N3O5. The lowest BCUT2D eigenvalue weighted by Gasteiger charge is -2.24.